The zero-order chi connectivity index (χ0) is 20.9. The van der Waals surface area contributed by atoms with Gasteiger partial charge < -0.3 is 19.4 Å². The lowest BCUT2D eigenvalue weighted by Crippen LogP contribution is -2.23. The van der Waals surface area contributed by atoms with Crippen LogP contribution in [-0.2, 0) is 17.8 Å². The molecule has 1 aliphatic heterocycles. The number of thioether (sulfide) groups is 1. The number of anilines is 1. The molecule has 0 radical (unpaired) electrons. The predicted molar refractivity (Wildman–Crippen MR) is 116 cm³/mol. The molecule has 4 rings (SSSR count). The average molecular weight is 425 g/mol. The number of hydrogen-bond donors (Lipinski definition) is 1. The molecule has 0 aliphatic carbocycles. The number of rotatable bonds is 7. The zero-order valence-electron chi connectivity index (χ0n) is 17.0. The van der Waals surface area contributed by atoms with E-state index in [0.29, 0.717) is 36.8 Å². The molecule has 0 fully saturated rings. The van der Waals surface area contributed by atoms with Gasteiger partial charge >= 0.3 is 0 Å². The third-order valence-corrected chi connectivity index (χ3v) is 5.86. The normalized spacial score (nSPS) is 13.7. The quantitative estimate of drug-likeness (QED) is 0.582. The highest BCUT2D eigenvalue weighted by Crippen LogP contribution is 2.33. The highest BCUT2D eigenvalue weighted by molar-refractivity contribution is 8.00. The van der Waals surface area contributed by atoms with Gasteiger partial charge in [-0.3, -0.25) is 4.79 Å². The summed E-state index contributed by atoms with van der Waals surface area (Å²) in [6.07, 6.45) is 0.708. The van der Waals surface area contributed by atoms with Gasteiger partial charge in [0, 0.05) is 24.7 Å². The lowest BCUT2D eigenvalue weighted by Gasteiger charge is -2.19. The van der Waals surface area contributed by atoms with Crippen LogP contribution >= 0.6 is 11.8 Å². The summed E-state index contributed by atoms with van der Waals surface area (Å²) in [7, 11) is 0. The molecule has 2 heterocycles. The van der Waals surface area contributed by atoms with Crippen LogP contribution in [0.1, 0.15) is 25.2 Å². The molecule has 1 aromatic heterocycles. The van der Waals surface area contributed by atoms with Gasteiger partial charge in [-0.15, -0.1) is 10.2 Å². The molecule has 1 aliphatic rings. The van der Waals surface area contributed by atoms with Gasteiger partial charge in [0.15, 0.2) is 16.7 Å². The molecule has 0 bridgehead atoms. The number of nitrogens with zero attached hydrogens (tertiary/aromatic N) is 3. The van der Waals surface area contributed by atoms with Crippen molar-refractivity contribution in [3.05, 3.63) is 59.9 Å². The Labute approximate surface area is 179 Å². The number of carbonyl (C=O) groups is 1. The summed E-state index contributed by atoms with van der Waals surface area (Å²) in [6.45, 7) is 5.71. The number of carbonyl (C=O) groups excluding carboxylic acids is 1. The second kappa shape index (κ2) is 9.21. The van der Waals surface area contributed by atoms with Crippen molar-refractivity contribution in [2.24, 2.45) is 0 Å². The first-order valence-electron chi connectivity index (χ1n) is 9.97. The molecule has 1 N–H and O–H groups in total. The molecule has 8 heteroatoms. The van der Waals surface area contributed by atoms with E-state index in [1.165, 1.54) is 17.3 Å². The summed E-state index contributed by atoms with van der Waals surface area (Å²) < 4.78 is 13.2. The largest absolute Gasteiger partial charge is 0.486 e. The Balaban J connectivity index is 1.42. The van der Waals surface area contributed by atoms with Crippen LogP contribution in [0.3, 0.4) is 0 Å². The summed E-state index contributed by atoms with van der Waals surface area (Å²) in [5.74, 6) is 2.14. The molecule has 30 heavy (non-hydrogen) atoms. The third-order valence-electron chi connectivity index (χ3n) is 4.78. The minimum Gasteiger partial charge on any atom is -0.486 e. The van der Waals surface area contributed by atoms with E-state index in [0.717, 1.165) is 17.5 Å². The smallest absolute Gasteiger partial charge is 0.237 e. The van der Waals surface area contributed by atoms with E-state index in [1.54, 1.807) is 6.07 Å². The Kier molecular flexibility index (Phi) is 6.23. The van der Waals surface area contributed by atoms with Gasteiger partial charge in [-0.1, -0.05) is 42.1 Å². The third kappa shape index (κ3) is 4.59. The lowest BCUT2D eigenvalue weighted by atomic mass is 10.1. The Morgan fingerprint density at radius 3 is 2.67 bits per heavy atom. The number of hydrogen-bond acceptors (Lipinski definition) is 6. The van der Waals surface area contributed by atoms with E-state index >= 15 is 0 Å². The molecule has 0 saturated carbocycles. The molecule has 2 aromatic carbocycles. The van der Waals surface area contributed by atoms with Crippen LogP contribution in [0.25, 0.3) is 0 Å². The maximum absolute atomic E-state index is 12.7. The first-order chi connectivity index (χ1) is 14.6. The fourth-order valence-corrected chi connectivity index (χ4v) is 4.14. The standard InChI is InChI=1S/C22H24N4O3S/c1-3-26-20(13-16-7-5-4-6-8-16)24-25-22(26)30-15(2)21(27)23-17-9-10-18-19(14-17)29-12-11-28-18/h4-10,14-15H,3,11-13H2,1-2H3,(H,23,27). The van der Waals surface area contributed by atoms with Crippen LogP contribution in [-0.4, -0.2) is 39.1 Å². The van der Waals surface area contributed by atoms with Crippen LogP contribution in [0.5, 0.6) is 11.5 Å². The lowest BCUT2D eigenvalue weighted by molar-refractivity contribution is -0.115. The summed E-state index contributed by atoms with van der Waals surface area (Å²) in [5.41, 5.74) is 1.86. The van der Waals surface area contributed by atoms with Crippen molar-refractivity contribution in [3.8, 4) is 11.5 Å². The fraction of sp³-hybridized carbons (Fsp3) is 0.318. The van der Waals surface area contributed by atoms with Crippen LogP contribution < -0.4 is 14.8 Å². The molecule has 1 unspecified atom stereocenters. The Bertz CT molecular complexity index is 1020. The molecule has 0 spiro atoms. The summed E-state index contributed by atoms with van der Waals surface area (Å²) >= 11 is 1.40. The molecule has 1 atom stereocenters. The maximum Gasteiger partial charge on any atom is 0.237 e. The summed E-state index contributed by atoms with van der Waals surface area (Å²) in [6, 6.07) is 15.6. The van der Waals surface area contributed by atoms with Crippen LogP contribution in [0.2, 0.25) is 0 Å². The van der Waals surface area contributed by atoms with Crippen LogP contribution in [0.15, 0.2) is 53.7 Å². The van der Waals surface area contributed by atoms with E-state index in [9.17, 15) is 4.79 Å². The van der Waals surface area contributed by atoms with Crippen molar-refractivity contribution in [2.75, 3.05) is 18.5 Å². The average Bonchev–Trinajstić information content (AvgIpc) is 3.15. The van der Waals surface area contributed by atoms with Gasteiger partial charge in [0.05, 0.1) is 5.25 Å². The van der Waals surface area contributed by atoms with E-state index in [4.69, 9.17) is 9.47 Å². The van der Waals surface area contributed by atoms with Gasteiger partial charge in [0.2, 0.25) is 5.91 Å². The molecule has 156 valence electrons. The van der Waals surface area contributed by atoms with Gasteiger partial charge in [-0.25, -0.2) is 0 Å². The van der Waals surface area contributed by atoms with Crippen molar-refractivity contribution >= 4 is 23.4 Å². The second-order valence-corrected chi connectivity index (χ2v) is 8.22. The zero-order valence-corrected chi connectivity index (χ0v) is 17.8. The van der Waals surface area contributed by atoms with Crippen molar-refractivity contribution in [1.29, 1.82) is 0 Å². The molecular formula is C22H24N4O3S. The van der Waals surface area contributed by atoms with E-state index in [-0.39, 0.29) is 11.2 Å². The summed E-state index contributed by atoms with van der Waals surface area (Å²) in [5, 5.41) is 12.0. The number of ether oxygens (including phenoxy) is 2. The molecule has 3 aromatic rings. The van der Waals surface area contributed by atoms with E-state index in [1.807, 2.05) is 37.3 Å². The Morgan fingerprint density at radius 2 is 1.90 bits per heavy atom. The van der Waals surface area contributed by atoms with Gasteiger partial charge in [-0.2, -0.15) is 0 Å². The van der Waals surface area contributed by atoms with Crippen LogP contribution in [0, 0.1) is 0 Å². The number of nitrogens with one attached hydrogen (secondary N) is 1. The SMILES string of the molecule is CCn1c(Cc2ccccc2)nnc1SC(C)C(=O)Nc1ccc2c(c1)OCCO2. The van der Waals surface area contributed by atoms with E-state index in [2.05, 4.69) is 39.1 Å². The van der Waals surface area contributed by atoms with Gasteiger partial charge in [0.25, 0.3) is 0 Å². The fourth-order valence-electron chi connectivity index (χ4n) is 3.21. The monoisotopic (exact) mass is 424 g/mol. The second-order valence-electron chi connectivity index (χ2n) is 6.91. The minimum atomic E-state index is -0.336. The molecular weight excluding hydrogens is 400 g/mol. The number of benzene rings is 2. The molecule has 0 saturated heterocycles. The highest BCUT2D eigenvalue weighted by Gasteiger charge is 2.21. The summed E-state index contributed by atoms with van der Waals surface area (Å²) in [4.78, 5) is 12.7. The number of aromatic nitrogens is 3. The Hall–Kier alpha value is -3.00. The van der Waals surface area contributed by atoms with Gasteiger partial charge in [0.1, 0.15) is 19.0 Å². The van der Waals surface area contributed by atoms with Crippen molar-refractivity contribution in [3.63, 3.8) is 0 Å². The maximum atomic E-state index is 12.7. The highest BCUT2D eigenvalue weighted by atomic mass is 32.2. The first kappa shape index (κ1) is 20.3. The number of amides is 1. The first-order valence-corrected chi connectivity index (χ1v) is 10.8. The topological polar surface area (TPSA) is 78.3 Å². The number of fused-ring (bicyclic) bond motifs is 1. The molecule has 1 amide bonds. The molecule has 7 nitrogen and oxygen atoms in total. The minimum absolute atomic E-state index is 0.105. The Morgan fingerprint density at radius 1 is 1.13 bits per heavy atom. The predicted octanol–water partition coefficient (Wildman–Crippen LogP) is 3.78. The van der Waals surface area contributed by atoms with Crippen molar-refractivity contribution in [1.82, 2.24) is 14.8 Å². The van der Waals surface area contributed by atoms with Crippen molar-refractivity contribution in [2.45, 2.75) is 37.2 Å². The van der Waals surface area contributed by atoms with Gasteiger partial charge in [-0.05, 0) is 31.5 Å². The van der Waals surface area contributed by atoms with E-state index < -0.39 is 0 Å². The van der Waals surface area contributed by atoms with Crippen molar-refractivity contribution < 1.29 is 14.3 Å². The van der Waals surface area contributed by atoms with Crippen LogP contribution in [0.4, 0.5) is 5.69 Å².